The summed E-state index contributed by atoms with van der Waals surface area (Å²) in [6.07, 6.45) is 0. The lowest BCUT2D eigenvalue weighted by atomic mass is 10.1. The quantitative estimate of drug-likeness (QED) is 0.844. The third kappa shape index (κ3) is 2.88. The normalized spacial score (nSPS) is 14.9. The van der Waals surface area contributed by atoms with Crippen molar-refractivity contribution in [1.82, 2.24) is 0 Å². The fourth-order valence-electron chi connectivity index (χ4n) is 2.08. The molecule has 0 aromatic heterocycles. The van der Waals surface area contributed by atoms with Crippen LogP contribution < -0.4 is 10.6 Å². The molecule has 0 spiro atoms. The zero-order chi connectivity index (χ0) is 14.7. The van der Waals surface area contributed by atoms with Gasteiger partial charge in [-0.3, -0.25) is 4.79 Å². The van der Waals surface area contributed by atoms with Crippen LogP contribution in [0.1, 0.15) is 10.4 Å². The van der Waals surface area contributed by atoms with Gasteiger partial charge in [0.1, 0.15) is 17.2 Å². The number of benzene rings is 1. The molecule has 1 aromatic rings. The van der Waals surface area contributed by atoms with E-state index in [4.69, 9.17) is 15.2 Å². The van der Waals surface area contributed by atoms with Crippen molar-refractivity contribution >= 4 is 11.6 Å². The number of carbonyl (C=O) groups is 1. The minimum absolute atomic E-state index is 0.0448. The van der Waals surface area contributed by atoms with Gasteiger partial charge in [0, 0.05) is 19.3 Å². The Hall–Kier alpha value is -1.73. The number of hydrogen-bond donors (Lipinski definition) is 1. The molecule has 0 unspecified atom stereocenters. The number of nitrogens with two attached hydrogens (primary N) is 1. The molecule has 110 valence electrons. The Morgan fingerprint density at radius 2 is 2.05 bits per heavy atom. The van der Waals surface area contributed by atoms with Crippen molar-refractivity contribution in [2.24, 2.45) is 5.73 Å². The molecule has 1 aliphatic rings. The van der Waals surface area contributed by atoms with Gasteiger partial charge in [0.15, 0.2) is 0 Å². The van der Waals surface area contributed by atoms with Crippen molar-refractivity contribution in [2.45, 2.75) is 6.04 Å². The molecule has 1 heterocycles. The van der Waals surface area contributed by atoms with Gasteiger partial charge < -0.3 is 20.1 Å². The predicted molar refractivity (Wildman–Crippen MR) is 68.7 cm³/mol. The molecule has 0 saturated carbocycles. The number of hydrogen-bond acceptors (Lipinski definition) is 4. The van der Waals surface area contributed by atoms with Crippen LogP contribution in [0.4, 0.5) is 14.5 Å². The molecule has 1 amide bonds. The van der Waals surface area contributed by atoms with E-state index in [0.29, 0.717) is 32.1 Å². The molecule has 1 fully saturated rings. The zero-order valence-electron chi connectivity index (χ0n) is 11.1. The summed E-state index contributed by atoms with van der Waals surface area (Å²) in [4.78, 5) is 12.8. The number of primary amides is 1. The second kappa shape index (κ2) is 6.15. The van der Waals surface area contributed by atoms with Crippen LogP contribution in [0.3, 0.4) is 0 Å². The van der Waals surface area contributed by atoms with Gasteiger partial charge in [-0.25, -0.2) is 8.78 Å². The second-order valence-electron chi connectivity index (χ2n) is 4.53. The molecule has 1 aromatic carbocycles. The van der Waals surface area contributed by atoms with E-state index >= 15 is 0 Å². The first-order valence-electron chi connectivity index (χ1n) is 6.16. The number of anilines is 1. The maximum Gasteiger partial charge on any atom is 0.254 e. The van der Waals surface area contributed by atoms with Gasteiger partial charge in [0.2, 0.25) is 0 Å². The van der Waals surface area contributed by atoms with E-state index in [2.05, 4.69) is 0 Å². The molecule has 1 saturated heterocycles. The molecule has 20 heavy (non-hydrogen) atoms. The lowest BCUT2D eigenvalue weighted by molar-refractivity contribution is 0.00639. The zero-order valence-corrected chi connectivity index (χ0v) is 11.1. The van der Waals surface area contributed by atoms with E-state index in [1.807, 2.05) is 0 Å². The van der Waals surface area contributed by atoms with E-state index < -0.39 is 23.1 Å². The number of ether oxygens (including phenoxy) is 2. The van der Waals surface area contributed by atoms with Gasteiger partial charge in [-0.05, 0) is 12.1 Å². The smallest absolute Gasteiger partial charge is 0.254 e. The van der Waals surface area contributed by atoms with Crippen LogP contribution in [0.15, 0.2) is 12.1 Å². The number of nitrogens with zero attached hydrogens (tertiary/aromatic N) is 1. The van der Waals surface area contributed by atoms with Crippen molar-refractivity contribution < 1.29 is 23.0 Å². The summed E-state index contributed by atoms with van der Waals surface area (Å²) in [5.41, 5.74) is 4.57. The van der Waals surface area contributed by atoms with Gasteiger partial charge in [-0.2, -0.15) is 0 Å². The Morgan fingerprint density at radius 3 is 2.45 bits per heavy atom. The van der Waals surface area contributed by atoms with E-state index in [0.717, 1.165) is 12.1 Å². The number of carbonyl (C=O) groups excluding carboxylic acids is 1. The Balaban J connectivity index is 2.30. The Kier molecular flexibility index (Phi) is 4.51. The van der Waals surface area contributed by atoms with Gasteiger partial charge in [0.25, 0.3) is 5.91 Å². The molecule has 0 bridgehead atoms. The monoisotopic (exact) mass is 286 g/mol. The van der Waals surface area contributed by atoms with Gasteiger partial charge in [-0.15, -0.1) is 0 Å². The number of halogens is 2. The largest absolute Gasteiger partial charge is 0.383 e. The minimum atomic E-state index is -1.12. The number of methoxy groups -OCH3 is 1. The van der Waals surface area contributed by atoms with Crippen molar-refractivity contribution in [1.29, 1.82) is 0 Å². The fourth-order valence-corrected chi connectivity index (χ4v) is 2.08. The number of rotatable bonds is 6. The molecule has 7 heteroatoms. The second-order valence-corrected chi connectivity index (χ2v) is 4.53. The van der Waals surface area contributed by atoms with Crippen molar-refractivity contribution in [3.63, 3.8) is 0 Å². The van der Waals surface area contributed by atoms with E-state index in [-0.39, 0.29) is 6.04 Å². The predicted octanol–water partition coefficient (Wildman–Crippen LogP) is 0.915. The number of amides is 1. The van der Waals surface area contributed by atoms with E-state index in [1.165, 1.54) is 0 Å². The van der Waals surface area contributed by atoms with E-state index in [9.17, 15) is 13.6 Å². The third-order valence-electron chi connectivity index (χ3n) is 3.20. The Labute approximate surface area is 115 Å². The van der Waals surface area contributed by atoms with Crippen LogP contribution >= 0.6 is 0 Å². The molecule has 0 aliphatic carbocycles. The highest BCUT2D eigenvalue weighted by atomic mass is 19.1. The first-order chi connectivity index (χ1) is 9.54. The molecule has 0 atom stereocenters. The summed E-state index contributed by atoms with van der Waals surface area (Å²) in [7, 11) is 1.55. The van der Waals surface area contributed by atoms with Crippen LogP contribution in [0.25, 0.3) is 0 Å². The van der Waals surface area contributed by atoms with Gasteiger partial charge in [0.05, 0.1) is 25.9 Å². The van der Waals surface area contributed by atoms with Crippen LogP contribution in [0, 0.1) is 11.6 Å². The summed E-state index contributed by atoms with van der Waals surface area (Å²) in [6, 6.07) is 2.26. The van der Waals surface area contributed by atoms with Crippen LogP contribution in [0.5, 0.6) is 0 Å². The van der Waals surface area contributed by atoms with Crippen LogP contribution in [-0.4, -0.2) is 45.4 Å². The van der Waals surface area contributed by atoms with Crippen molar-refractivity contribution in [3.05, 3.63) is 29.3 Å². The van der Waals surface area contributed by atoms with E-state index in [1.54, 1.807) is 12.0 Å². The molecular weight excluding hydrogens is 270 g/mol. The van der Waals surface area contributed by atoms with Gasteiger partial charge in [-0.1, -0.05) is 0 Å². The SMILES string of the molecule is COCCN(c1cc(F)c(C(N)=O)c(F)c1)C1COC1. The third-order valence-corrected chi connectivity index (χ3v) is 3.20. The van der Waals surface area contributed by atoms with Crippen LogP contribution in [0.2, 0.25) is 0 Å². The first-order valence-corrected chi connectivity index (χ1v) is 6.16. The summed E-state index contributed by atoms with van der Waals surface area (Å²) >= 11 is 0. The summed E-state index contributed by atoms with van der Waals surface area (Å²) < 4.78 is 37.7. The maximum absolute atomic E-state index is 13.8. The standard InChI is InChI=1S/C13H16F2N2O3/c1-19-3-2-17(9-6-20-7-9)8-4-10(14)12(13(16)18)11(15)5-8/h4-5,9H,2-3,6-7H2,1H3,(H2,16,18). The van der Waals surface area contributed by atoms with Crippen molar-refractivity contribution in [2.75, 3.05) is 38.4 Å². The lowest BCUT2D eigenvalue weighted by Crippen LogP contribution is -2.50. The first kappa shape index (κ1) is 14.7. The highest BCUT2D eigenvalue weighted by Gasteiger charge is 2.28. The fraction of sp³-hybridized carbons (Fsp3) is 0.462. The Morgan fingerprint density at radius 1 is 1.45 bits per heavy atom. The van der Waals surface area contributed by atoms with Crippen LogP contribution in [-0.2, 0) is 9.47 Å². The van der Waals surface area contributed by atoms with Gasteiger partial charge >= 0.3 is 0 Å². The highest BCUT2D eigenvalue weighted by molar-refractivity contribution is 5.93. The molecule has 5 nitrogen and oxygen atoms in total. The molecule has 1 aliphatic heterocycles. The highest BCUT2D eigenvalue weighted by Crippen LogP contribution is 2.25. The minimum Gasteiger partial charge on any atom is -0.383 e. The molecule has 0 radical (unpaired) electrons. The molecule has 2 rings (SSSR count). The lowest BCUT2D eigenvalue weighted by Gasteiger charge is -2.39. The molecular formula is C13H16F2N2O3. The summed E-state index contributed by atoms with van der Waals surface area (Å²) in [5.74, 6) is -3.05. The summed E-state index contributed by atoms with van der Waals surface area (Å²) in [5, 5.41) is 0. The topological polar surface area (TPSA) is 64.8 Å². The average Bonchev–Trinajstić information content (AvgIpc) is 2.30. The average molecular weight is 286 g/mol. The van der Waals surface area contributed by atoms with Crippen molar-refractivity contribution in [3.8, 4) is 0 Å². The Bertz CT molecular complexity index is 483. The summed E-state index contributed by atoms with van der Waals surface area (Å²) in [6.45, 7) is 1.87. The molecule has 2 N–H and O–H groups in total. The maximum atomic E-state index is 13.8.